The monoisotopic (exact) mass is 331 g/mol. The van der Waals surface area contributed by atoms with Crippen LogP contribution in [-0.2, 0) is 17.4 Å². The average Bonchev–Trinajstić information content (AvgIpc) is 2.44. The van der Waals surface area contributed by atoms with Gasteiger partial charge in [0.25, 0.3) is 0 Å². The minimum Gasteiger partial charge on any atom is -0.396 e. The Hall–Kier alpha value is -1.56. The van der Waals surface area contributed by atoms with Crippen LogP contribution in [-0.4, -0.2) is 24.2 Å². The molecule has 0 aliphatic rings. The molecule has 130 valence electrons. The first-order chi connectivity index (χ1) is 10.7. The lowest BCUT2D eigenvalue weighted by Gasteiger charge is -2.18. The van der Waals surface area contributed by atoms with Crippen molar-refractivity contribution in [3.8, 4) is 0 Å². The van der Waals surface area contributed by atoms with Crippen LogP contribution in [0.3, 0.4) is 0 Å². The number of halogens is 3. The number of alkyl halides is 3. The summed E-state index contributed by atoms with van der Waals surface area (Å²) in [5.41, 5.74) is -0.181. The minimum atomic E-state index is -4.37. The Labute approximate surface area is 134 Å². The molecule has 1 rings (SSSR count). The fraction of sp³-hybridized carbons (Fsp3) is 0.588. The third-order valence-corrected chi connectivity index (χ3v) is 3.58. The van der Waals surface area contributed by atoms with Crippen LogP contribution in [0.2, 0.25) is 0 Å². The third-order valence-electron chi connectivity index (χ3n) is 3.58. The van der Waals surface area contributed by atoms with Crippen molar-refractivity contribution in [2.24, 2.45) is 11.8 Å². The van der Waals surface area contributed by atoms with Gasteiger partial charge in [-0.25, -0.2) is 0 Å². The van der Waals surface area contributed by atoms with E-state index in [9.17, 15) is 18.0 Å². The maximum absolute atomic E-state index is 12.5. The fourth-order valence-corrected chi connectivity index (χ4v) is 2.47. The number of aliphatic hydroxyl groups is 1. The van der Waals surface area contributed by atoms with E-state index in [1.807, 2.05) is 0 Å². The van der Waals surface area contributed by atoms with Gasteiger partial charge >= 0.3 is 6.18 Å². The van der Waals surface area contributed by atoms with Crippen LogP contribution in [0.15, 0.2) is 24.3 Å². The number of aliphatic hydroxyl groups excluding tert-OH is 1. The molecule has 1 aromatic rings. The summed E-state index contributed by atoms with van der Waals surface area (Å²) in [6.45, 7) is 4.70. The molecule has 23 heavy (non-hydrogen) atoms. The molecule has 1 aromatic carbocycles. The second-order valence-corrected chi connectivity index (χ2v) is 6.18. The molecule has 0 aliphatic heterocycles. The molecule has 0 fully saturated rings. The number of hydrogen-bond donors (Lipinski definition) is 2. The molecule has 0 spiro atoms. The Morgan fingerprint density at radius 3 is 2.30 bits per heavy atom. The Morgan fingerprint density at radius 2 is 1.83 bits per heavy atom. The largest absolute Gasteiger partial charge is 0.416 e. The highest BCUT2D eigenvalue weighted by molar-refractivity contribution is 5.78. The summed E-state index contributed by atoms with van der Waals surface area (Å²) in [4.78, 5) is 11.9. The highest BCUT2D eigenvalue weighted by Crippen LogP contribution is 2.29. The molecular weight excluding hydrogens is 307 g/mol. The van der Waals surface area contributed by atoms with Crippen LogP contribution in [0.4, 0.5) is 13.2 Å². The molecule has 3 nitrogen and oxygen atoms in total. The smallest absolute Gasteiger partial charge is 0.396 e. The predicted molar refractivity (Wildman–Crippen MR) is 82.8 cm³/mol. The highest BCUT2D eigenvalue weighted by atomic mass is 19.4. The first kappa shape index (κ1) is 19.5. The minimum absolute atomic E-state index is 0.0473. The summed E-state index contributed by atoms with van der Waals surface area (Å²) >= 11 is 0. The molecule has 0 heterocycles. The first-order valence-electron chi connectivity index (χ1n) is 7.76. The van der Waals surface area contributed by atoms with Crippen molar-refractivity contribution in [1.29, 1.82) is 0 Å². The molecule has 2 N–H and O–H groups in total. The molecule has 0 bridgehead atoms. The van der Waals surface area contributed by atoms with Crippen molar-refractivity contribution < 1.29 is 23.1 Å². The Balaban J connectivity index is 2.49. The standard InChI is InChI=1S/C17H24F3NO2/c1-12(2)9-14(7-8-22)11-21-16(23)10-13-3-5-15(6-4-13)17(18,19)20/h3-6,12,14,22H,7-11H2,1-2H3,(H,21,23)/t14-/m1/s1. The number of amides is 1. The van der Waals surface area contributed by atoms with Gasteiger partial charge < -0.3 is 10.4 Å². The zero-order valence-corrected chi connectivity index (χ0v) is 13.5. The Bertz CT molecular complexity index is 484. The molecule has 1 amide bonds. The second-order valence-electron chi connectivity index (χ2n) is 6.18. The fourth-order valence-electron chi connectivity index (χ4n) is 2.47. The molecule has 0 saturated heterocycles. The Morgan fingerprint density at radius 1 is 1.22 bits per heavy atom. The van der Waals surface area contributed by atoms with Gasteiger partial charge in [-0.3, -0.25) is 4.79 Å². The Kier molecular flexibility index (Phi) is 7.55. The van der Waals surface area contributed by atoms with E-state index in [2.05, 4.69) is 19.2 Å². The van der Waals surface area contributed by atoms with Gasteiger partial charge in [-0.1, -0.05) is 26.0 Å². The normalized spacial score (nSPS) is 13.2. The van der Waals surface area contributed by atoms with E-state index >= 15 is 0 Å². The van der Waals surface area contributed by atoms with Crippen molar-refractivity contribution >= 4 is 5.91 Å². The van der Waals surface area contributed by atoms with E-state index in [1.165, 1.54) is 12.1 Å². The maximum Gasteiger partial charge on any atom is 0.416 e. The zero-order chi connectivity index (χ0) is 17.5. The number of carbonyl (C=O) groups excluding carboxylic acids is 1. The van der Waals surface area contributed by atoms with E-state index in [0.29, 0.717) is 24.4 Å². The van der Waals surface area contributed by atoms with Gasteiger partial charge in [0.05, 0.1) is 12.0 Å². The molecule has 0 saturated carbocycles. The van der Waals surface area contributed by atoms with Crippen LogP contribution < -0.4 is 5.32 Å². The van der Waals surface area contributed by atoms with Crippen molar-refractivity contribution in [3.05, 3.63) is 35.4 Å². The van der Waals surface area contributed by atoms with Gasteiger partial charge in [-0.15, -0.1) is 0 Å². The summed E-state index contributed by atoms with van der Waals surface area (Å²) in [5.74, 6) is 0.450. The SMILES string of the molecule is CC(C)C[C@@H](CCO)CNC(=O)Cc1ccc(C(F)(F)F)cc1. The summed E-state index contributed by atoms with van der Waals surface area (Å²) in [6.07, 6.45) is -2.79. The number of hydrogen-bond acceptors (Lipinski definition) is 2. The number of rotatable bonds is 8. The van der Waals surface area contributed by atoms with Gasteiger partial charge in [-0.2, -0.15) is 13.2 Å². The molecule has 0 aromatic heterocycles. The van der Waals surface area contributed by atoms with Gasteiger partial charge in [0.1, 0.15) is 0 Å². The van der Waals surface area contributed by atoms with Crippen molar-refractivity contribution in [1.82, 2.24) is 5.32 Å². The summed E-state index contributed by atoms with van der Waals surface area (Å²) < 4.78 is 37.4. The molecule has 0 unspecified atom stereocenters. The quantitative estimate of drug-likeness (QED) is 0.767. The van der Waals surface area contributed by atoms with Crippen LogP contribution >= 0.6 is 0 Å². The topological polar surface area (TPSA) is 49.3 Å². The van der Waals surface area contributed by atoms with Crippen molar-refractivity contribution in [2.45, 2.75) is 39.3 Å². The average molecular weight is 331 g/mol. The zero-order valence-electron chi connectivity index (χ0n) is 13.5. The van der Waals surface area contributed by atoms with Crippen LogP contribution in [0.1, 0.15) is 37.8 Å². The van der Waals surface area contributed by atoms with E-state index in [4.69, 9.17) is 5.11 Å². The van der Waals surface area contributed by atoms with E-state index in [0.717, 1.165) is 18.6 Å². The van der Waals surface area contributed by atoms with Crippen molar-refractivity contribution in [3.63, 3.8) is 0 Å². The molecule has 1 atom stereocenters. The third kappa shape index (κ3) is 7.50. The second kappa shape index (κ2) is 8.91. The van der Waals surface area contributed by atoms with E-state index < -0.39 is 11.7 Å². The van der Waals surface area contributed by atoms with Gasteiger partial charge in [0, 0.05) is 13.2 Å². The lowest BCUT2D eigenvalue weighted by atomic mass is 9.94. The molecular formula is C17H24F3NO2. The maximum atomic E-state index is 12.5. The van der Waals surface area contributed by atoms with E-state index in [1.54, 1.807) is 0 Å². The number of nitrogens with one attached hydrogen (secondary N) is 1. The van der Waals surface area contributed by atoms with Gasteiger partial charge in [0.15, 0.2) is 0 Å². The van der Waals surface area contributed by atoms with Crippen LogP contribution in [0.5, 0.6) is 0 Å². The number of benzene rings is 1. The summed E-state index contributed by atoms with van der Waals surface area (Å²) in [6, 6.07) is 4.61. The van der Waals surface area contributed by atoms with Gasteiger partial charge in [0.2, 0.25) is 5.91 Å². The molecule has 6 heteroatoms. The predicted octanol–water partition coefficient (Wildman–Crippen LogP) is 3.41. The lowest BCUT2D eigenvalue weighted by molar-refractivity contribution is -0.137. The lowest BCUT2D eigenvalue weighted by Crippen LogP contribution is -2.31. The summed E-state index contributed by atoms with van der Waals surface area (Å²) in [5, 5.41) is 11.8. The first-order valence-corrected chi connectivity index (χ1v) is 7.76. The molecule has 0 aliphatic carbocycles. The number of carbonyl (C=O) groups is 1. The van der Waals surface area contributed by atoms with Crippen LogP contribution in [0, 0.1) is 11.8 Å². The summed E-state index contributed by atoms with van der Waals surface area (Å²) in [7, 11) is 0. The van der Waals surface area contributed by atoms with E-state index in [-0.39, 0.29) is 24.9 Å². The molecule has 0 radical (unpaired) electrons. The van der Waals surface area contributed by atoms with Crippen molar-refractivity contribution in [2.75, 3.05) is 13.2 Å². The van der Waals surface area contributed by atoms with Crippen LogP contribution in [0.25, 0.3) is 0 Å². The highest BCUT2D eigenvalue weighted by Gasteiger charge is 2.29. The van der Waals surface area contributed by atoms with Gasteiger partial charge in [-0.05, 0) is 42.4 Å².